The van der Waals surface area contributed by atoms with E-state index in [2.05, 4.69) is 19.9 Å². The second kappa shape index (κ2) is 8.33. The lowest BCUT2D eigenvalue weighted by Gasteiger charge is -2.41. The van der Waals surface area contributed by atoms with Gasteiger partial charge in [0.2, 0.25) is 0 Å². The first-order chi connectivity index (χ1) is 12.8. The first-order valence-corrected chi connectivity index (χ1v) is 9.28. The number of rotatable bonds is 3. The highest BCUT2D eigenvalue weighted by Crippen LogP contribution is 2.28. The molecule has 1 atom stereocenters. The molecule has 0 radical (unpaired) electrons. The second-order valence-electron chi connectivity index (χ2n) is 7.18. The van der Waals surface area contributed by atoms with E-state index in [1.165, 1.54) is 0 Å². The van der Waals surface area contributed by atoms with E-state index in [0.717, 1.165) is 18.8 Å². The van der Waals surface area contributed by atoms with Gasteiger partial charge in [0.15, 0.2) is 0 Å². The molecule has 6 nitrogen and oxygen atoms in total. The van der Waals surface area contributed by atoms with Gasteiger partial charge >= 0.3 is 12.4 Å². The molecule has 1 N–H and O–H groups in total. The Morgan fingerprint density at radius 2 is 1.85 bits per heavy atom. The average molecular weight is 386 g/mol. The van der Waals surface area contributed by atoms with Gasteiger partial charge in [-0.2, -0.15) is 0 Å². The first kappa shape index (κ1) is 19.7. The second-order valence-corrected chi connectivity index (χ2v) is 7.18. The largest absolute Gasteiger partial charge is 0.522 e. The molecule has 150 valence electrons. The Morgan fingerprint density at radius 3 is 2.44 bits per heavy atom. The summed E-state index contributed by atoms with van der Waals surface area (Å²) < 4.78 is 40.9. The van der Waals surface area contributed by atoms with Crippen LogP contribution in [0.3, 0.4) is 0 Å². The number of anilines is 1. The standard InChI is InChI=1S/C18H25F3N4O2/c1-13-12-24(15-6-8-22-9-7-15)10-11-25(13)17(26)23-14-2-4-16(5-3-14)27-18(19,20)21/h6-9,13-14,16H,2-5,10-12H2,1H3,(H,23,26). The molecule has 2 amide bonds. The number of carbonyl (C=O) groups is 1. The molecule has 0 spiro atoms. The van der Waals surface area contributed by atoms with Gasteiger partial charge in [-0.05, 0) is 44.7 Å². The van der Waals surface area contributed by atoms with Crippen LogP contribution in [0.2, 0.25) is 0 Å². The minimum Gasteiger partial charge on any atom is -0.368 e. The monoisotopic (exact) mass is 386 g/mol. The van der Waals surface area contributed by atoms with Crippen molar-refractivity contribution in [3.63, 3.8) is 0 Å². The normalized spacial score (nSPS) is 26.7. The van der Waals surface area contributed by atoms with Crippen LogP contribution in [0.1, 0.15) is 32.6 Å². The lowest BCUT2D eigenvalue weighted by atomic mass is 9.93. The van der Waals surface area contributed by atoms with Crippen LogP contribution in [0, 0.1) is 0 Å². The van der Waals surface area contributed by atoms with Gasteiger partial charge in [0.1, 0.15) is 0 Å². The number of piperazine rings is 1. The van der Waals surface area contributed by atoms with Crippen molar-refractivity contribution in [2.75, 3.05) is 24.5 Å². The molecule has 0 bridgehead atoms. The number of ether oxygens (including phenoxy) is 1. The first-order valence-electron chi connectivity index (χ1n) is 9.28. The fourth-order valence-electron chi connectivity index (χ4n) is 3.82. The summed E-state index contributed by atoms with van der Waals surface area (Å²) in [5.41, 5.74) is 1.08. The number of hydrogen-bond acceptors (Lipinski definition) is 4. The molecule has 2 fully saturated rings. The van der Waals surface area contributed by atoms with Gasteiger partial charge in [-0.25, -0.2) is 4.79 Å². The Labute approximate surface area is 156 Å². The van der Waals surface area contributed by atoms with Gasteiger partial charge in [0.25, 0.3) is 0 Å². The zero-order valence-corrected chi connectivity index (χ0v) is 15.3. The molecule has 1 saturated carbocycles. The number of amides is 2. The molecule has 1 aromatic rings. The predicted octanol–water partition coefficient (Wildman–Crippen LogP) is 3.15. The maximum atomic E-state index is 12.6. The van der Waals surface area contributed by atoms with E-state index in [0.29, 0.717) is 32.2 Å². The number of urea groups is 1. The number of halogens is 3. The van der Waals surface area contributed by atoms with Gasteiger partial charge < -0.3 is 15.1 Å². The van der Waals surface area contributed by atoms with E-state index < -0.39 is 12.5 Å². The molecule has 1 aromatic heterocycles. The molecule has 1 aliphatic carbocycles. The van der Waals surface area contributed by atoms with Crippen LogP contribution < -0.4 is 10.2 Å². The Hall–Kier alpha value is -2.03. The number of carbonyl (C=O) groups excluding carboxylic acids is 1. The van der Waals surface area contributed by atoms with Gasteiger partial charge in [-0.15, -0.1) is 13.2 Å². The maximum absolute atomic E-state index is 12.6. The van der Waals surface area contributed by atoms with Crippen LogP contribution in [0.4, 0.5) is 23.7 Å². The molecular weight excluding hydrogens is 361 g/mol. The summed E-state index contributed by atoms with van der Waals surface area (Å²) in [4.78, 5) is 20.6. The summed E-state index contributed by atoms with van der Waals surface area (Å²) in [6, 6.07) is 3.69. The maximum Gasteiger partial charge on any atom is 0.522 e. The van der Waals surface area contributed by atoms with Crippen molar-refractivity contribution in [2.24, 2.45) is 0 Å². The summed E-state index contributed by atoms with van der Waals surface area (Å²) in [7, 11) is 0. The number of nitrogens with zero attached hydrogens (tertiary/aromatic N) is 3. The van der Waals surface area contributed by atoms with Crippen LogP contribution in [0.5, 0.6) is 0 Å². The van der Waals surface area contributed by atoms with Crippen LogP contribution in [0.25, 0.3) is 0 Å². The third-order valence-electron chi connectivity index (χ3n) is 5.22. The van der Waals surface area contributed by atoms with Crippen molar-refractivity contribution < 1.29 is 22.7 Å². The van der Waals surface area contributed by atoms with E-state index in [9.17, 15) is 18.0 Å². The van der Waals surface area contributed by atoms with E-state index in [-0.39, 0.29) is 18.1 Å². The highest BCUT2D eigenvalue weighted by molar-refractivity contribution is 5.75. The minimum absolute atomic E-state index is 0.0387. The fraction of sp³-hybridized carbons (Fsp3) is 0.667. The molecule has 9 heteroatoms. The lowest BCUT2D eigenvalue weighted by molar-refractivity contribution is -0.345. The predicted molar refractivity (Wildman–Crippen MR) is 94.3 cm³/mol. The zero-order chi connectivity index (χ0) is 19.4. The minimum atomic E-state index is -4.59. The third-order valence-corrected chi connectivity index (χ3v) is 5.22. The molecular formula is C18H25F3N4O2. The Bertz CT molecular complexity index is 621. The van der Waals surface area contributed by atoms with Gasteiger partial charge in [0.05, 0.1) is 6.10 Å². The number of hydrogen-bond donors (Lipinski definition) is 1. The molecule has 2 aliphatic rings. The Morgan fingerprint density at radius 1 is 1.19 bits per heavy atom. The molecule has 27 heavy (non-hydrogen) atoms. The van der Waals surface area contributed by atoms with Crippen LogP contribution in [0.15, 0.2) is 24.5 Å². The summed E-state index contributed by atoms with van der Waals surface area (Å²) in [6.45, 7) is 4.06. The number of pyridine rings is 1. The van der Waals surface area contributed by atoms with Crippen molar-refractivity contribution >= 4 is 11.7 Å². The van der Waals surface area contributed by atoms with Crippen molar-refractivity contribution in [2.45, 2.75) is 57.2 Å². The quantitative estimate of drug-likeness (QED) is 0.867. The number of nitrogens with one attached hydrogen (secondary N) is 1. The highest BCUT2D eigenvalue weighted by atomic mass is 19.4. The van der Waals surface area contributed by atoms with Gasteiger partial charge in [0, 0.05) is 49.8 Å². The van der Waals surface area contributed by atoms with E-state index in [1.54, 1.807) is 17.3 Å². The SMILES string of the molecule is CC1CN(c2ccncc2)CCN1C(=O)NC1CCC(OC(F)(F)F)CC1. The van der Waals surface area contributed by atoms with Crippen molar-refractivity contribution in [3.8, 4) is 0 Å². The molecule has 2 heterocycles. The summed E-state index contributed by atoms with van der Waals surface area (Å²) in [5, 5.41) is 2.98. The fourth-order valence-corrected chi connectivity index (χ4v) is 3.82. The number of aromatic nitrogens is 1. The van der Waals surface area contributed by atoms with Gasteiger partial charge in [-0.3, -0.25) is 9.72 Å². The molecule has 1 aliphatic heterocycles. The van der Waals surface area contributed by atoms with Crippen LogP contribution in [-0.2, 0) is 4.74 Å². The third kappa shape index (κ3) is 5.47. The van der Waals surface area contributed by atoms with Crippen molar-refractivity contribution in [1.29, 1.82) is 0 Å². The van der Waals surface area contributed by atoms with Crippen LogP contribution in [-0.4, -0.2) is 60.1 Å². The Kier molecular flexibility index (Phi) is 6.08. The smallest absolute Gasteiger partial charge is 0.368 e. The molecule has 1 saturated heterocycles. The Balaban J connectivity index is 1.45. The lowest BCUT2D eigenvalue weighted by Crippen LogP contribution is -2.58. The van der Waals surface area contributed by atoms with Gasteiger partial charge in [-0.1, -0.05) is 0 Å². The molecule has 0 aromatic carbocycles. The van der Waals surface area contributed by atoms with Crippen molar-refractivity contribution in [3.05, 3.63) is 24.5 Å². The molecule has 3 rings (SSSR count). The zero-order valence-electron chi connectivity index (χ0n) is 15.3. The summed E-state index contributed by atoms with van der Waals surface area (Å²) in [5.74, 6) is 0. The van der Waals surface area contributed by atoms with Crippen molar-refractivity contribution in [1.82, 2.24) is 15.2 Å². The number of alkyl halides is 3. The average Bonchev–Trinajstić information content (AvgIpc) is 2.62. The topological polar surface area (TPSA) is 57.7 Å². The highest BCUT2D eigenvalue weighted by Gasteiger charge is 2.36. The van der Waals surface area contributed by atoms with E-state index >= 15 is 0 Å². The van der Waals surface area contributed by atoms with E-state index in [4.69, 9.17) is 0 Å². The summed E-state index contributed by atoms with van der Waals surface area (Å²) >= 11 is 0. The summed E-state index contributed by atoms with van der Waals surface area (Å²) in [6.07, 6.45) is -0.303. The van der Waals surface area contributed by atoms with Crippen LogP contribution >= 0.6 is 0 Å². The molecule has 1 unspecified atom stereocenters. The van der Waals surface area contributed by atoms with E-state index in [1.807, 2.05) is 19.1 Å².